The average Bonchev–Trinajstić information content (AvgIpc) is 2.37. The van der Waals surface area contributed by atoms with Gasteiger partial charge in [0.15, 0.2) is 0 Å². The van der Waals surface area contributed by atoms with Crippen molar-refractivity contribution in [1.29, 1.82) is 0 Å². The van der Waals surface area contributed by atoms with Gasteiger partial charge in [0, 0.05) is 13.6 Å². The van der Waals surface area contributed by atoms with Crippen LogP contribution in [0.25, 0.3) is 0 Å². The van der Waals surface area contributed by atoms with E-state index in [2.05, 4.69) is 5.32 Å². The van der Waals surface area contributed by atoms with E-state index in [-0.39, 0.29) is 17.5 Å². The first-order valence-electron chi connectivity index (χ1n) is 5.69. The Kier molecular flexibility index (Phi) is 4.85. The van der Waals surface area contributed by atoms with Crippen molar-refractivity contribution in [2.75, 3.05) is 14.1 Å². The standard InChI is InChI=1S/C13H18N2O3/c1-9(12(16)14-2)15(3)8-10-4-6-11(7-5-10)13(17)18/h4-7,9H,8H2,1-3H3,(H,14,16)(H,17,18). The van der Waals surface area contributed by atoms with Crippen LogP contribution >= 0.6 is 0 Å². The molecule has 18 heavy (non-hydrogen) atoms. The maximum absolute atomic E-state index is 11.5. The zero-order valence-electron chi connectivity index (χ0n) is 10.8. The molecule has 2 N–H and O–H groups in total. The van der Waals surface area contributed by atoms with Gasteiger partial charge in [0.25, 0.3) is 0 Å². The van der Waals surface area contributed by atoms with Crippen LogP contribution in [-0.4, -0.2) is 42.0 Å². The molecule has 1 unspecified atom stereocenters. The molecule has 0 heterocycles. The van der Waals surface area contributed by atoms with Crippen LogP contribution in [0.2, 0.25) is 0 Å². The highest BCUT2D eigenvalue weighted by atomic mass is 16.4. The Bertz CT molecular complexity index is 428. The van der Waals surface area contributed by atoms with Gasteiger partial charge in [-0.2, -0.15) is 0 Å². The van der Waals surface area contributed by atoms with Crippen molar-refractivity contribution in [3.63, 3.8) is 0 Å². The van der Waals surface area contributed by atoms with Crippen molar-refractivity contribution >= 4 is 11.9 Å². The fourth-order valence-corrected chi connectivity index (χ4v) is 1.59. The molecule has 5 nitrogen and oxygen atoms in total. The van der Waals surface area contributed by atoms with Gasteiger partial charge in [0.05, 0.1) is 11.6 Å². The SMILES string of the molecule is CNC(=O)C(C)N(C)Cc1ccc(C(=O)O)cc1. The molecule has 0 aromatic heterocycles. The highest BCUT2D eigenvalue weighted by Crippen LogP contribution is 2.08. The Balaban J connectivity index is 2.67. The van der Waals surface area contributed by atoms with Crippen molar-refractivity contribution < 1.29 is 14.7 Å². The van der Waals surface area contributed by atoms with Crippen LogP contribution in [0.4, 0.5) is 0 Å². The predicted octanol–water partition coefficient (Wildman–Crippen LogP) is 0.951. The number of carbonyl (C=O) groups is 2. The Hall–Kier alpha value is -1.88. The Morgan fingerprint density at radius 3 is 2.33 bits per heavy atom. The van der Waals surface area contributed by atoms with Crippen LogP contribution in [0.15, 0.2) is 24.3 Å². The lowest BCUT2D eigenvalue weighted by Crippen LogP contribution is -2.41. The lowest BCUT2D eigenvalue weighted by Gasteiger charge is -2.23. The van der Waals surface area contributed by atoms with E-state index in [4.69, 9.17) is 5.11 Å². The summed E-state index contributed by atoms with van der Waals surface area (Å²) < 4.78 is 0. The predicted molar refractivity (Wildman–Crippen MR) is 68.4 cm³/mol. The number of carbonyl (C=O) groups excluding carboxylic acids is 1. The molecule has 0 aliphatic heterocycles. The second-order valence-electron chi connectivity index (χ2n) is 4.21. The maximum atomic E-state index is 11.5. The summed E-state index contributed by atoms with van der Waals surface area (Å²) in [5.41, 5.74) is 1.24. The number of nitrogens with zero attached hydrogens (tertiary/aromatic N) is 1. The Morgan fingerprint density at radius 2 is 1.89 bits per heavy atom. The van der Waals surface area contributed by atoms with Crippen molar-refractivity contribution in [3.05, 3.63) is 35.4 Å². The highest BCUT2D eigenvalue weighted by Gasteiger charge is 2.16. The average molecular weight is 250 g/mol. The van der Waals surface area contributed by atoms with Gasteiger partial charge in [0.2, 0.25) is 5.91 Å². The second-order valence-corrected chi connectivity index (χ2v) is 4.21. The molecule has 98 valence electrons. The van der Waals surface area contributed by atoms with Gasteiger partial charge in [-0.25, -0.2) is 4.79 Å². The van der Waals surface area contributed by atoms with Crippen LogP contribution in [-0.2, 0) is 11.3 Å². The molecule has 1 aromatic rings. The Labute approximate surface area is 106 Å². The number of amides is 1. The third kappa shape index (κ3) is 3.56. The number of likely N-dealkylation sites (N-methyl/N-ethyl adjacent to an activating group) is 2. The lowest BCUT2D eigenvalue weighted by atomic mass is 10.1. The molecule has 1 aromatic carbocycles. The molecule has 0 aliphatic rings. The number of carboxylic acid groups (broad SMARTS) is 1. The summed E-state index contributed by atoms with van der Waals surface area (Å²) in [6, 6.07) is 6.42. The molecule has 0 aliphatic carbocycles. The summed E-state index contributed by atoms with van der Waals surface area (Å²) in [6.45, 7) is 2.42. The van der Waals surface area contributed by atoms with Crippen molar-refractivity contribution in [2.24, 2.45) is 0 Å². The molecule has 5 heteroatoms. The first-order valence-corrected chi connectivity index (χ1v) is 5.69. The zero-order chi connectivity index (χ0) is 13.7. The van der Waals surface area contributed by atoms with Gasteiger partial charge in [-0.05, 0) is 31.7 Å². The number of nitrogens with one attached hydrogen (secondary N) is 1. The summed E-state index contributed by atoms with van der Waals surface area (Å²) in [7, 11) is 3.46. The van der Waals surface area contributed by atoms with Crippen molar-refractivity contribution in [2.45, 2.75) is 19.5 Å². The van der Waals surface area contributed by atoms with Crippen LogP contribution in [0.3, 0.4) is 0 Å². The van der Waals surface area contributed by atoms with E-state index >= 15 is 0 Å². The number of carboxylic acids is 1. The van der Waals surface area contributed by atoms with E-state index in [1.165, 1.54) is 0 Å². The largest absolute Gasteiger partial charge is 0.478 e. The van der Waals surface area contributed by atoms with Gasteiger partial charge in [0.1, 0.15) is 0 Å². The second kappa shape index (κ2) is 6.16. The fraction of sp³-hybridized carbons (Fsp3) is 0.385. The van der Waals surface area contributed by atoms with Gasteiger partial charge < -0.3 is 10.4 Å². The number of hydrogen-bond acceptors (Lipinski definition) is 3. The molecule has 0 radical (unpaired) electrons. The maximum Gasteiger partial charge on any atom is 0.335 e. The summed E-state index contributed by atoms with van der Waals surface area (Å²) in [5.74, 6) is -0.978. The van der Waals surface area contributed by atoms with Gasteiger partial charge in [-0.15, -0.1) is 0 Å². The third-order valence-corrected chi connectivity index (χ3v) is 2.92. The number of rotatable bonds is 5. The minimum Gasteiger partial charge on any atom is -0.478 e. The molecule has 1 rings (SSSR count). The normalized spacial score (nSPS) is 12.2. The van der Waals surface area contributed by atoms with Crippen LogP contribution in [0.1, 0.15) is 22.8 Å². The van der Waals surface area contributed by atoms with Gasteiger partial charge in [-0.3, -0.25) is 9.69 Å². The molecule has 0 bridgehead atoms. The molecule has 1 atom stereocenters. The van der Waals surface area contributed by atoms with Gasteiger partial charge in [-0.1, -0.05) is 12.1 Å². The Morgan fingerprint density at radius 1 is 1.33 bits per heavy atom. The van der Waals surface area contributed by atoms with E-state index < -0.39 is 5.97 Å². The molecule has 0 fully saturated rings. The molecule has 0 saturated carbocycles. The van der Waals surface area contributed by atoms with E-state index in [0.29, 0.717) is 6.54 Å². The van der Waals surface area contributed by atoms with Gasteiger partial charge >= 0.3 is 5.97 Å². The van der Waals surface area contributed by atoms with E-state index in [1.807, 2.05) is 18.9 Å². The summed E-state index contributed by atoms with van der Waals surface area (Å²) >= 11 is 0. The highest BCUT2D eigenvalue weighted by molar-refractivity contribution is 5.87. The van der Waals surface area contributed by atoms with Crippen LogP contribution in [0, 0.1) is 0 Å². The molecule has 0 saturated heterocycles. The molecule has 0 spiro atoms. The van der Waals surface area contributed by atoms with Crippen molar-refractivity contribution in [3.8, 4) is 0 Å². The van der Waals surface area contributed by atoms with E-state index in [9.17, 15) is 9.59 Å². The van der Waals surface area contributed by atoms with Crippen LogP contribution < -0.4 is 5.32 Å². The number of benzene rings is 1. The first kappa shape index (κ1) is 14.2. The molecule has 1 amide bonds. The van der Waals surface area contributed by atoms with Crippen molar-refractivity contribution in [1.82, 2.24) is 10.2 Å². The van der Waals surface area contributed by atoms with E-state index in [1.54, 1.807) is 31.3 Å². The third-order valence-electron chi connectivity index (χ3n) is 2.92. The zero-order valence-corrected chi connectivity index (χ0v) is 10.8. The topological polar surface area (TPSA) is 69.6 Å². The van der Waals surface area contributed by atoms with E-state index in [0.717, 1.165) is 5.56 Å². The quantitative estimate of drug-likeness (QED) is 0.816. The monoisotopic (exact) mass is 250 g/mol. The minimum absolute atomic E-state index is 0.0420. The fourth-order valence-electron chi connectivity index (χ4n) is 1.59. The smallest absolute Gasteiger partial charge is 0.335 e. The first-order chi connectivity index (χ1) is 8.45. The van der Waals surface area contributed by atoms with Crippen LogP contribution in [0.5, 0.6) is 0 Å². The minimum atomic E-state index is -0.936. The summed E-state index contributed by atoms with van der Waals surface area (Å²) in [5, 5.41) is 11.4. The molecular weight excluding hydrogens is 232 g/mol. The number of aromatic carboxylic acids is 1. The summed E-state index contributed by atoms with van der Waals surface area (Å²) in [6.07, 6.45) is 0. The molecular formula is C13H18N2O3. The number of hydrogen-bond donors (Lipinski definition) is 2. The lowest BCUT2D eigenvalue weighted by molar-refractivity contribution is -0.125. The summed E-state index contributed by atoms with van der Waals surface area (Å²) in [4.78, 5) is 24.1.